The summed E-state index contributed by atoms with van der Waals surface area (Å²) in [4.78, 5) is -0.0722. The number of hydrogen-bond donors (Lipinski definition) is 0. The number of sulfone groups is 1. The molecule has 0 aromatic heterocycles. The molecule has 0 aliphatic carbocycles. The van der Waals surface area contributed by atoms with Gasteiger partial charge in [0.05, 0.1) is 15.5 Å². The molecule has 0 bridgehead atoms. The molecule has 5 nitrogen and oxygen atoms in total. The number of anilines is 1. The predicted molar refractivity (Wildman–Crippen MR) is 111 cm³/mol. The van der Waals surface area contributed by atoms with Crippen LogP contribution in [0.15, 0.2) is 94.7 Å². The van der Waals surface area contributed by atoms with Gasteiger partial charge in [-0.3, -0.25) is 4.31 Å². The first kappa shape index (κ1) is 20.1. The van der Waals surface area contributed by atoms with E-state index >= 15 is 0 Å². The molecular formula is C21H21NO4S2. The van der Waals surface area contributed by atoms with E-state index in [1.807, 2.05) is 36.4 Å². The number of nitrogens with zero attached hydrogens (tertiary/aromatic N) is 1. The molecule has 7 heteroatoms. The fourth-order valence-electron chi connectivity index (χ4n) is 2.85. The van der Waals surface area contributed by atoms with E-state index in [1.165, 1.54) is 28.6 Å². The van der Waals surface area contributed by atoms with Crippen LogP contribution in [0, 0.1) is 0 Å². The normalized spacial score (nSPS) is 11.9. The van der Waals surface area contributed by atoms with Crippen molar-refractivity contribution in [2.45, 2.75) is 16.2 Å². The van der Waals surface area contributed by atoms with Crippen molar-refractivity contribution >= 4 is 25.5 Å². The Labute approximate surface area is 166 Å². The maximum atomic E-state index is 13.4. The van der Waals surface area contributed by atoms with Crippen molar-refractivity contribution in [3.05, 3.63) is 90.5 Å². The largest absolute Gasteiger partial charge is 0.266 e. The van der Waals surface area contributed by atoms with Gasteiger partial charge in [0.2, 0.25) is 0 Å². The highest BCUT2D eigenvalue weighted by molar-refractivity contribution is 7.93. The fourth-order valence-corrected chi connectivity index (χ4v) is 5.10. The van der Waals surface area contributed by atoms with E-state index in [-0.39, 0.29) is 16.3 Å². The van der Waals surface area contributed by atoms with Gasteiger partial charge in [-0.15, -0.1) is 0 Å². The van der Waals surface area contributed by atoms with Crippen molar-refractivity contribution in [1.82, 2.24) is 0 Å². The van der Waals surface area contributed by atoms with E-state index in [9.17, 15) is 16.8 Å². The highest BCUT2D eigenvalue weighted by Gasteiger charge is 2.26. The second-order valence-corrected chi connectivity index (χ2v) is 10.3. The van der Waals surface area contributed by atoms with Crippen molar-refractivity contribution < 1.29 is 16.8 Å². The molecule has 0 radical (unpaired) electrons. The third kappa shape index (κ3) is 4.61. The Balaban J connectivity index is 2.01. The number of hydrogen-bond acceptors (Lipinski definition) is 4. The third-order valence-electron chi connectivity index (χ3n) is 4.31. The van der Waals surface area contributed by atoms with E-state index in [0.29, 0.717) is 12.1 Å². The van der Waals surface area contributed by atoms with Crippen LogP contribution in [-0.4, -0.2) is 29.6 Å². The minimum Gasteiger partial charge on any atom is -0.266 e. The molecule has 0 saturated carbocycles. The maximum absolute atomic E-state index is 13.4. The number of benzene rings is 3. The molecule has 28 heavy (non-hydrogen) atoms. The van der Waals surface area contributed by atoms with Crippen LogP contribution < -0.4 is 4.31 Å². The van der Waals surface area contributed by atoms with Crippen LogP contribution >= 0.6 is 0 Å². The Bertz CT molecular complexity index is 1140. The molecule has 0 heterocycles. The van der Waals surface area contributed by atoms with Gasteiger partial charge in [0, 0.05) is 12.8 Å². The lowest BCUT2D eigenvalue weighted by Crippen LogP contribution is -2.33. The third-order valence-corrected chi connectivity index (χ3v) is 7.25. The lowest BCUT2D eigenvalue weighted by Gasteiger charge is -2.25. The highest BCUT2D eigenvalue weighted by Crippen LogP contribution is 2.25. The smallest absolute Gasteiger partial charge is 0.264 e. The molecule has 0 fully saturated rings. The van der Waals surface area contributed by atoms with Crippen LogP contribution in [-0.2, 0) is 26.3 Å². The van der Waals surface area contributed by atoms with Crippen molar-refractivity contribution in [3.63, 3.8) is 0 Å². The SMILES string of the molecule is CS(=O)(=O)c1cccc(S(=O)(=O)N(CCc2ccccc2)c2ccccc2)c1. The summed E-state index contributed by atoms with van der Waals surface area (Å²) in [5, 5.41) is 0. The lowest BCUT2D eigenvalue weighted by atomic mass is 10.1. The predicted octanol–water partition coefficient (Wildman–Crippen LogP) is 3.53. The minimum absolute atomic E-state index is 0.0235. The molecule has 0 N–H and O–H groups in total. The summed E-state index contributed by atoms with van der Waals surface area (Å²) in [5.41, 5.74) is 1.55. The van der Waals surface area contributed by atoms with Crippen LogP contribution in [0.1, 0.15) is 5.56 Å². The van der Waals surface area contributed by atoms with Crippen molar-refractivity contribution in [2.75, 3.05) is 17.1 Å². The summed E-state index contributed by atoms with van der Waals surface area (Å²) in [6.45, 7) is 0.236. The molecule has 0 aliphatic heterocycles. The summed E-state index contributed by atoms with van der Waals surface area (Å²) >= 11 is 0. The average molecular weight is 416 g/mol. The zero-order valence-corrected chi connectivity index (χ0v) is 17.0. The Hall–Kier alpha value is -2.64. The van der Waals surface area contributed by atoms with E-state index in [0.717, 1.165) is 11.8 Å². The zero-order valence-electron chi connectivity index (χ0n) is 15.4. The van der Waals surface area contributed by atoms with Crippen LogP contribution in [0.4, 0.5) is 5.69 Å². The monoisotopic (exact) mass is 415 g/mol. The maximum Gasteiger partial charge on any atom is 0.264 e. The minimum atomic E-state index is -3.94. The quantitative estimate of drug-likeness (QED) is 0.592. The van der Waals surface area contributed by atoms with Crippen molar-refractivity contribution in [1.29, 1.82) is 0 Å². The van der Waals surface area contributed by atoms with E-state index < -0.39 is 19.9 Å². The van der Waals surface area contributed by atoms with Crippen LogP contribution in [0.5, 0.6) is 0 Å². The fraction of sp³-hybridized carbons (Fsp3) is 0.143. The van der Waals surface area contributed by atoms with Gasteiger partial charge in [0.15, 0.2) is 9.84 Å². The summed E-state index contributed by atoms with van der Waals surface area (Å²) < 4.78 is 51.8. The number of rotatable bonds is 7. The first-order valence-electron chi connectivity index (χ1n) is 8.70. The van der Waals surface area contributed by atoms with Crippen LogP contribution in [0.3, 0.4) is 0 Å². The highest BCUT2D eigenvalue weighted by atomic mass is 32.2. The Morgan fingerprint density at radius 3 is 1.89 bits per heavy atom. The molecule has 3 aromatic rings. The van der Waals surface area contributed by atoms with Gasteiger partial charge in [0.25, 0.3) is 10.0 Å². The Kier molecular flexibility index (Phi) is 5.86. The zero-order chi connectivity index (χ0) is 20.2. The van der Waals surface area contributed by atoms with E-state index in [1.54, 1.807) is 24.3 Å². The summed E-state index contributed by atoms with van der Waals surface area (Å²) in [7, 11) is -7.45. The average Bonchev–Trinajstić information content (AvgIpc) is 2.69. The second-order valence-electron chi connectivity index (χ2n) is 6.40. The van der Waals surface area contributed by atoms with Gasteiger partial charge in [0.1, 0.15) is 0 Å². The molecule has 3 rings (SSSR count). The van der Waals surface area contributed by atoms with Gasteiger partial charge in [-0.25, -0.2) is 16.8 Å². The molecule has 146 valence electrons. The standard InChI is InChI=1S/C21H21NO4S2/c1-27(23,24)20-13-8-14-21(17-20)28(25,26)22(19-11-6-3-7-12-19)16-15-18-9-4-2-5-10-18/h2-14,17H,15-16H2,1H3. The van der Waals surface area contributed by atoms with Gasteiger partial charge in [-0.2, -0.15) is 0 Å². The second kappa shape index (κ2) is 8.16. The van der Waals surface area contributed by atoms with Crippen LogP contribution in [0.2, 0.25) is 0 Å². The molecule has 3 aromatic carbocycles. The summed E-state index contributed by atoms with van der Waals surface area (Å²) in [6.07, 6.45) is 1.59. The van der Waals surface area contributed by atoms with Gasteiger partial charge in [-0.05, 0) is 42.3 Å². The number of para-hydroxylation sites is 1. The molecule has 0 spiro atoms. The van der Waals surface area contributed by atoms with Gasteiger partial charge < -0.3 is 0 Å². The Morgan fingerprint density at radius 1 is 0.714 bits per heavy atom. The topological polar surface area (TPSA) is 71.5 Å². The Morgan fingerprint density at radius 2 is 1.29 bits per heavy atom. The summed E-state index contributed by atoms with van der Waals surface area (Å²) in [6, 6.07) is 23.9. The van der Waals surface area contributed by atoms with E-state index in [2.05, 4.69) is 0 Å². The van der Waals surface area contributed by atoms with E-state index in [4.69, 9.17) is 0 Å². The van der Waals surface area contributed by atoms with Gasteiger partial charge in [-0.1, -0.05) is 54.6 Å². The molecule has 0 amide bonds. The van der Waals surface area contributed by atoms with Crippen LogP contribution in [0.25, 0.3) is 0 Å². The molecule has 0 atom stereocenters. The summed E-state index contributed by atoms with van der Waals surface area (Å²) in [5.74, 6) is 0. The molecular weight excluding hydrogens is 394 g/mol. The molecule has 0 saturated heterocycles. The molecule has 0 aliphatic rings. The molecule has 0 unspecified atom stereocenters. The lowest BCUT2D eigenvalue weighted by molar-refractivity contribution is 0.590. The van der Waals surface area contributed by atoms with Crippen molar-refractivity contribution in [2.24, 2.45) is 0 Å². The first-order chi connectivity index (χ1) is 13.3. The van der Waals surface area contributed by atoms with Crippen molar-refractivity contribution in [3.8, 4) is 0 Å². The number of sulfonamides is 1. The first-order valence-corrected chi connectivity index (χ1v) is 12.0. The van der Waals surface area contributed by atoms with Gasteiger partial charge >= 0.3 is 0 Å².